The van der Waals surface area contributed by atoms with E-state index in [1.807, 2.05) is 206 Å². The third-order valence-electron chi connectivity index (χ3n) is 17.5. The highest BCUT2D eigenvalue weighted by Crippen LogP contribution is 2.27. The van der Waals surface area contributed by atoms with E-state index in [9.17, 15) is 0 Å². The van der Waals surface area contributed by atoms with Crippen LogP contribution in [-0.4, -0.2) is 130 Å². The van der Waals surface area contributed by atoms with Crippen LogP contribution in [0.5, 0.6) is 40.2 Å². The van der Waals surface area contributed by atoms with Gasteiger partial charge in [0.25, 0.3) is 0 Å². The molecule has 17 nitrogen and oxygen atoms in total. The van der Waals surface area contributed by atoms with Crippen molar-refractivity contribution in [2.24, 2.45) is 0 Å². The highest BCUT2D eigenvalue weighted by molar-refractivity contribution is 5.40. The number of aryl methyl sites for hydroxylation is 7. The quantitative estimate of drug-likeness (QED) is 0.0171. The van der Waals surface area contributed by atoms with E-state index >= 15 is 0 Å². The Morgan fingerprint density at radius 2 is 0.467 bits per heavy atom. The summed E-state index contributed by atoms with van der Waals surface area (Å²) in [4.78, 5) is 0. The Kier molecular flexibility index (Phi) is 68.3. The first-order valence-electron chi connectivity index (χ1n) is 43.0. The number of aliphatic hydroxyl groups excluding tert-OH is 10. The van der Waals surface area contributed by atoms with Gasteiger partial charge in [-0.3, -0.25) is 0 Å². The summed E-state index contributed by atoms with van der Waals surface area (Å²) in [5.74, 6) is 5.82. The van der Waals surface area contributed by atoms with Gasteiger partial charge in [-0.05, 0) is 186 Å². The van der Waals surface area contributed by atoms with Crippen LogP contribution < -0.4 is 33.2 Å². The van der Waals surface area contributed by atoms with E-state index in [0.29, 0.717) is 51.8 Å². The first kappa shape index (κ1) is 108. The van der Waals surface area contributed by atoms with Crippen LogP contribution in [0.4, 0.5) is 0 Å². The molecule has 0 unspecified atom stereocenters. The van der Waals surface area contributed by atoms with Crippen molar-refractivity contribution < 1.29 is 84.2 Å². The smallest absolute Gasteiger partial charge is 0.161 e. The number of unbranched alkanes of at least 4 members (excludes halogenated alkanes) is 1. The number of hydrogen-bond acceptors (Lipinski definition) is 17. The second kappa shape index (κ2) is 75.6. The van der Waals surface area contributed by atoms with E-state index in [0.717, 1.165) is 158 Å². The number of para-hydroxylation sites is 7. The highest BCUT2D eigenvalue weighted by atomic mass is 16.5. The van der Waals surface area contributed by atoms with Crippen LogP contribution in [0.15, 0.2) is 243 Å². The molecule has 0 aromatic heterocycles. The second-order valence-electron chi connectivity index (χ2n) is 27.2. The molecule has 0 heterocycles. The Morgan fingerprint density at radius 1 is 0.183 bits per heavy atom. The maximum Gasteiger partial charge on any atom is 0.161 e. The molecule has 0 spiro atoms. The van der Waals surface area contributed by atoms with Gasteiger partial charge in [0.2, 0.25) is 0 Å². The van der Waals surface area contributed by atoms with E-state index in [2.05, 4.69) is 106 Å². The molecule has 0 aliphatic carbocycles. The minimum Gasteiger partial charge on any atom is -0.493 e. The van der Waals surface area contributed by atoms with Crippen LogP contribution in [0.1, 0.15) is 193 Å². The Hall–Kier alpha value is -9.60. The van der Waals surface area contributed by atoms with Crippen LogP contribution >= 0.6 is 0 Å². The maximum atomic E-state index is 8.95. The molecule has 120 heavy (non-hydrogen) atoms. The van der Waals surface area contributed by atoms with E-state index in [-0.39, 0.29) is 66.1 Å². The molecule has 0 fully saturated rings. The van der Waals surface area contributed by atoms with Gasteiger partial charge in [-0.2, -0.15) is 0 Å². The first-order chi connectivity index (χ1) is 58.8. The molecule has 10 rings (SSSR count). The molecule has 0 aliphatic rings. The minimum absolute atomic E-state index is 0.0160. The molecule has 0 saturated heterocycles. The molecular weight excluding hydrogens is 1510 g/mol. The summed E-state index contributed by atoms with van der Waals surface area (Å²) < 4.78 is 37.9. The van der Waals surface area contributed by atoms with Crippen molar-refractivity contribution >= 4 is 0 Å². The molecule has 0 atom stereocenters. The fourth-order valence-corrected chi connectivity index (χ4v) is 11.4. The number of ether oxygens (including phenoxy) is 7. The van der Waals surface area contributed by atoms with Crippen LogP contribution in [0.3, 0.4) is 0 Å². The molecule has 10 aromatic rings. The summed E-state index contributed by atoms with van der Waals surface area (Å²) in [6, 6.07) is 78.8. The minimum atomic E-state index is 0.0160. The average Bonchev–Trinajstić information content (AvgIpc) is 0.893. The predicted molar refractivity (Wildman–Crippen MR) is 491 cm³/mol. The van der Waals surface area contributed by atoms with Crippen molar-refractivity contribution in [3.8, 4) is 40.2 Å². The lowest BCUT2D eigenvalue weighted by Crippen LogP contribution is -2.04. The zero-order valence-corrected chi connectivity index (χ0v) is 73.8. The van der Waals surface area contributed by atoms with Crippen molar-refractivity contribution in [2.75, 3.05) is 79.3 Å². The van der Waals surface area contributed by atoms with Gasteiger partial charge in [0, 0.05) is 12.2 Å². The van der Waals surface area contributed by atoms with Crippen LogP contribution in [0.25, 0.3) is 0 Å². The topological polar surface area (TPSA) is 267 Å². The molecule has 0 bridgehead atoms. The maximum absolute atomic E-state index is 8.95. The lowest BCUT2D eigenvalue weighted by molar-refractivity contribution is 0.193. The Bertz CT molecular complexity index is 3780. The third-order valence-corrected chi connectivity index (χ3v) is 17.5. The number of rotatable bonds is 40. The molecular formula is C103H146O17. The first-order valence-corrected chi connectivity index (χ1v) is 43.0. The molecule has 0 aliphatic heterocycles. The van der Waals surface area contributed by atoms with Gasteiger partial charge in [-0.15, -0.1) is 0 Å². The molecule has 660 valence electrons. The van der Waals surface area contributed by atoms with E-state index in [4.69, 9.17) is 84.2 Å². The average molecular weight is 1660 g/mol. The van der Waals surface area contributed by atoms with Gasteiger partial charge >= 0.3 is 0 Å². The fourth-order valence-electron chi connectivity index (χ4n) is 11.4. The normalized spacial score (nSPS) is 9.93. The van der Waals surface area contributed by atoms with Gasteiger partial charge in [0.15, 0.2) is 11.5 Å². The molecule has 10 N–H and O–H groups in total. The van der Waals surface area contributed by atoms with E-state index < -0.39 is 0 Å². The molecule has 0 amide bonds. The van der Waals surface area contributed by atoms with Gasteiger partial charge in [0.05, 0.1) is 79.3 Å². The summed E-state index contributed by atoms with van der Waals surface area (Å²) in [6.07, 6.45) is 16.6. The fraction of sp³-hybridized carbons (Fsp3) is 0.417. The number of hydrogen-bond donors (Lipinski definition) is 10. The number of aliphatic hydroxyl groups is 10. The standard InChI is InChI=1S/C12H18O2.C11H16O3.2C11H16O2.2C10H14O2.2C10H14O.2C9H12O/c1-2-3-6-11-7-4-5-8-12(11)14-10-9-13;1-2-8-13-10-5-3-4-6-11(10)14-9-7-12;1-2-9-13-11-6-4-3-5-10(11)7-8-12;1-2-5-10-6-3-4-7-11(10)13-9-8-12;1-2-9-5-3-4-6-10(9)12-8-7-11;1-2-7-12-10-6-4-3-5-9(10)8-11;1-2-5-9-6-3-4-7-10(9)8-11;1-2-4-9-5-3-6-10(7-9)8-11;1-2-8-4-3-5-9(6-8)7-10;1-2-8-5-3-4-6-9(8)7-10/h4-5,7-8,13H,2-3,6,9-10H2,1H3;3-6,12H,2,7-9H2,1H3;3-6,12H,2,7-9H2,1H3;3-4,6-7,12H,2,5,8-9H2,1H3;2*3-6,11H,2,7-8H2,1H3;3-4,6-7,11H,2,5,8H2,1H3;3,5-7,11H,2,4,8H2,1H3;2*3-6,10H,2,7H2,1H3. The summed E-state index contributed by atoms with van der Waals surface area (Å²) in [5.41, 5.74) is 14.8. The lowest BCUT2D eigenvalue weighted by Gasteiger charge is -2.10. The van der Waals surface area contributed by atoms with Crippen molar-refractivity contribution in [3.63, 3.8) is 0 Å². The molecule has 10 aromatic carbocycles. The second-order valence-corrected chi connectivity index (χ2v) is 27.2. The largest absolute Gasteiger partial charge is 0.493 e. The Balaban J connectivity index is 0.000000668. The van der Waals surface area contributed by atoms with E-state index in [1.54, 1.807) is 0 Å². The Morgan fingerprint density at radius 3 is 0.825 bits per heavy atom. The molecule has 17 heteroatoms. The molecule has 0 saturated carbocycles. The highest BCUT2D eigenvalue weighted by Gasteiger charge is 2.08. The van der Waals surface area contributed by atoms with Crippen molar-refractivity contribution in [1.29, 1.82) is 0 Å². The summed E-state index contributed by atoms with van der Waals surface area (Å²) in [7, 11) is 0. The van der Waals surface area contributed by atoms with Crippen LogP contribution in [0, 0.1) is 0 Å². The van der Waals surface area contributed by atoms with Crippen LogP contribution in [0.2, 0.25) is 0 Å². The van der Waals surface area contributed by atoms with Crippen molar-refractivity contribution in [3.05, 3.63) is 315 Å². The summed E-state index contributed by atoms with van der Waals surface area (Å²) in [5, 5.41) is 87.6. The zero-order chi connectivity index (χ0) is 88.1. The Labute approximate surface area is 719 Å². The van der Waals surface area contributed by atoms with Gasteiger partial charge in [-0.1, -0.05) is 295 Å². The summed E-state index contributed by atoms with van der Waals surface area (Å²) in [6.45, 7) is 25.7. The van der Waals surface area contributed by atoms with Gasteiger partial charge < -0.3 is 84.2 Å². The SMILES string of the molecule is CCCCc1ccccc1OCCO.CCCOc1ccccc1CCO.CCCOc1ccccc1CO.CCCOc1ccccc1OCCO.CCCc1cccc(CO)c1.CCCc1ccccc1CO.CCCc1ccccc1OCCO.CCc1cccc(CO)c1.CCc1ccccc1CO.CCc1ccccc1OCCO. The van der Waals surface area contributed by atoms with Crippen LogP contribution in [-0.2, 0) is 84.4 Å². The van der Waals surface area contributed by atoms with E-state index in [1.165, 1.54) is 51.8 Å². The molecule has 0 radical (unpaired) electrons. The van der Waals surface area contributed by atoms with Crippen molar-refractivity contribution in [1.82, 2.24) is 0 Å². The monoisotopic (exact) mass is 1660 g/mol. The zero-order valence-electron chi connectivity index (χ0n) is 73.8. The summed E-state index contributed by atoms with van der Waals surface area (Å²) >= 11 is 0. The third kappa shape index (κ3) is 49.8. The van der Waals surface area contributed by atoms with Gasteiger partial charge in [0.1, 0.15) is 55.2 Å². The lowest BCUT2D eigenvalue weighted by atomic mass is 10.0. The number of benzene rings is 10. The van der Waals surface area contributed by atoms with Crippen molar-refractivity contribution in [2.45, 2.75) is 205 Å². The van der Waals surface area contributed by atoms with Gasteiger partial charge in [-0.25, -0.2) is 0 Å². The predicted octanol–water partition coefficient (Wildman–Crippen LogP) is 19.6.